The third kappa shape index (κ3) is 5.85. The van der Waals surface area contributed by atoms with E-state index in [-0.39, 0.29) is 10.8 Å². The van der Waals surface area contributed by atoms with Gasteiger partial charge in [0.1, 0.15) is 0 Å². The lowest BCUT2D eigenvalue weighted by Gasteiger charge is -2.22. The van der Waals surface area contributed by atoms with E-state index in [0.717, 1.165) is 27.5 Å². The highest BCUT2D eigenvalue weighted by Crippen LogP contribution is 2.50. The van der Waals surface area contributed by atoms with Crippen molar-refractivity contribution in [2.24, 2.45) is 0 Å². The summed E-state index contributed by atoms with van der Waals surface area (Å²) in [5.74, 6) is 2.03. The fourth-order valence-electron chi connectivity index (χ4n) is 9.08. The zero-order chi connectivity index (χ0) is 38.9. The van der Waals surface area contributed by atoms with E-state index in [4.69, 9.17) is 15.0 Å². The topological polar surface area (TPSA) is 38.7 Å². The van der Waals surface area contributed by atoms with Crippen LogP contribution in [0.25, 0.3) is 78.0 Å². The molecule has 0 fully saturated rings. The zero-order valence-corrected chi connectivity index (χ0v) is 33.0. The molecule has 0 radical (unpaired) electrons. The summed E-state index contributed by atoms with van der Waals surface area (Å²) >= 11 is 0. The largest absolute Gasteiger partial charge is 0.208 e. The van der Waals surface area contributed by atoms with Crippen LogP contribution in [-0.4, -0.2) is 15.0 Å². The second-order valence-corrected chi connectivity index (χ2v) is 16.6. The molecule has 3 heteroatoms. The molecule has 8 aromatic carbocycles. The highest BCUT2D eigenvalue weighted by atomic mass is 15.0. The van der Waals surface area contributed by atoms with Crippen LogP contribution in [0.15, 0.2) is 170 Å². The second-order valence-electron chi connectivity index (χ2n) is 16.6. The SMILES string of the molecule is CC1(C)c2ccccc2-c2ccccc21.Cc1ccc2c(c1)C(C)(C)c1cc(-c3nc(-c4ccc5ccccc5c4)nc(-c4ccc5ccccc5c4)n3)ccc1-2. The fraction of sp³-hybridized carbons (Fsp3) is 0.130. The van der Waals surface area contributed by atoms with Gasteiger partial charge in [0.2, 0.25) is 0 Å². The first-order valence-corrected chi connectivity index (χ1v) is 19.9. The standard InChI is InChI=1S/C39H29N3.C15H14/c1-24-12-18-32-33-19-17-31(23-35(33)39(2,3)34(32)20-24)38-41-36(29-15-13-25-8-4-6-10-27(25)21-29)40-37(42-38)30-16-14-26-9-5-7-11-28(26)22-30;1-15(2)13-9-5-3-7-11(13)12-8-4-6-10-14(12)15/h4-23H,1-3H3;3-10H,1-2H3. The van der Waals surface area contributed by atoms with E-state index in [1.807, 2.05) is 0 Å². The highest BCUT2D eigenvalue weighted by molar-refractivity contribution is 5.89. The molecule has 0 saturated heterocycles. The summed E-state index contributed by atoms with van der Waals surface area (Å²) in [6.07, 6.45) is 0. The first-order valence-electron chi connectivity index (χ1n) is 19.9. The molecular weight excluding hydrogens is 691 g/mol. The third-order valence-electron chi connectivity index (χ3n) is 12.2. The maximum Gasteiger partial charge on any atom is 0.164 e. The number of benzene rings is 8. The second kappa shape index (κ2) is 13.2. The average Bonchev–Trinajstić information content (AvgIpc) is 3.62. The van der Waals surface area contributed by atoms with Crippen molar-refractivity contribution in [2.45, 2.75) is 45.4 Å². The normalized spacial score (nSPS) is 14.0. The Labute approximate surface area is 334 Å². The minimum absolute atomic E-state index is 0.109. The summed E-state index contributed by atoms with van der Waals surface area (Å²) < 4.78 is 0. The molecule has 1 aromatic heterocycles. The van der Waals surface area contributed by atoms with Gasteiger partial charge in [0, 0.05) is 27.5 Å². The van der Waals surface area contributed by atoms with Crippen molar-refractivity contribution in [3.8, 4) is 56.4 Å². The van der Waals surface area contributed by atoms with Crippen LogP contribution < -0.4 is 0 Å². The summed E-state index contributed by atoms with van der Waals surface area (Å²) in [6.45, 7) is 11.4. The lowest BCUT2D eigenvalue weighted by molar-refractivity contribution is 0.660. The van der Waals surface area contributed by atoms with Crippen LogP contribution in [0.1, 0.15) is 55.5 Å². The van der Waals surface area contributed by atoms with Gasteiger partial charge in [0.05, 0.1) is 0 Å². The molecule has 0 aliphatic heterocycles. The lowest BCUT2D eigenvalue weighted by atomic mass is 9.81. The van der Waals surface area contributed by atoms with Gasteiger partial charge in [-0.05, 0) is 91.2 Å². The maximum absolute atomic E-state index is 5.08. The lowest BCUT2D eigenvalue weighted by Crippen LogP contribution is -2.15. The molecule has 0 N–H and O–H groups in total. The van der Waals surface area contributed by atoms with Crippen LogP contribution in [0.4, 0.5) is 0 Å². The van der Waals surface area contributed by atoms with Gasteiger partial charge in [0.25, 0.3) is 0 Å². The quantitative estimate of drug-likeness (QED) is 0.181. The Balaban J connectivity index is 0.000000220. The van der Waals surface area contributed by atoms with Gasteiger partial charge >= 0.3 is 0 Å². The van der Waals surface area contributed by atoms with E-state index in [9.17, 15) is 0 Å². The van der Waals surface area contributed by atoms with E-state index < -0.39 is 0 Å². The Morgan fingerprint density at radius 1 is 0.316 bits per heavy atom. The van der Waals surface area contributed by atoms with Gasteiger partial charge < -0.3 is 0 Å². The van der Waals surface area contributed by atoms with Gasteiger partial charge in [-0.1, -0.05) is 185 Å². The third-order valence-corrected chi connectivity index (χ3v) is 12.2. The van der Waals surface area contributed by atoms with Crippen LogP contribution in [0, 0.1) is 6.92 Å². The van der Waals surface area contributed by atoms with Gasteiger partial charge in [-0.25, -0.2) is 15.0 Å². The Morgan fingerprint density at radius 2 is 0.684 bits per heavy atom. The molecule has 274 valence electrons. The minimum atomic E-state index is -0.109. The molecule has 0 saturated carbocycles. The summed E-state index contributed by atoms with van der Waals surface area (Å²) in [5.41, 5.74) is 15.3. The van der Waals surface area contributed by atoms with Gasteiger partial charge in [-0.15, -0.1) is 0 Å². The van der Waals surface area contributed by atoms with Crippen molar-refractivity contribution >= 4 is 21.5 Å². The summed E-state index contributed by atoms with van der Waals surface area (Å²) in [7, 11) is 0. The Kier molecular flexibility index (Phi) is 8.05. The monoisotopic (exact) mass is 733 g/mol. The number of aryl methyl sites for hydroxylation is 1. The first kappa shape index (κ1) is 34.8. The van der Waals surface area contributed by atoms with Crippen LogP contribution >= 0.6 is 0 Å². The molecule has 0 amide bonds. The predicted octanol–water partition coefficient (Wildman–Crippen LogP) is 13.8. The van der Waals surface area contributed by atoms with E-state index in [1.54, 1.807) is 0 Å². The van der Waals surface area contributed by atoms with E-state index in [2.05, 4.69) is 204 Å². The molecule has 2 aliphatic carbocycles. The Hall–Kier alpha value is -6.71. The Morgan fingerprint density at radius 3 is 1.21 bits per heavy atom. The molecule has 0 bridgehead atoms. The molecule has 57 heavy (non-hydrogen) atoms. The number of aromatic nitrogens is 3. The minimum Gasteiger partial charge on any atom is -0.208 e. The Bertz CT molecular complexity index is 2900. The van der Waals surface area contributed by atoms with E-state index in [1.165, 1.54) is 60.8 Å². The molecule has 1 heterocycles. The van der Waals surface area contributed by atoms with Gasteiger partial charge in [-0.3, -0.25) is 0 Å². The van der Waals surface area contributed by atoms with Crippen molar-refractivity contribution in [1.82, 2.24) is 15.0 Å². The summed E-state index contributed by atoms with van der Waals surface area (Å²) in [5, 5.41) is 4.72. The average molecular weight is 734 g/mol. The smallest absolute Gasteiger partial charge is 0.164 e. The molecule has 11 rings (SSSR count). The summed E-state index contributed by atoms with van der Waals surface area (Å²) in [6, 6.07) is 60.5. The molecule has 9 aromatic rings. The molecule has 0 atom stereocenters. The number of rotatable bonds is 3. The van der Waals surface area contributed by atoms with Gasteiger partial charge in [0.15, 0.2) is 17.5 Å². The number of hydrogen-bond acceptors (Lipinski definition) is 3. The van der Waals surface area contributed by atoms with Gasteiger partial charge in [-0.2, -0.15) is 0 Å². The zero-order valence-electron chi connectivity index (χ0n) is 33.0. The van der Waals surface area contributed by atoms with Crippen molar-refractivity contribution in [3.63, 3.8) is 0 Å². The maximum atomic E-state index is 5.08. The highest BCUT2D eigenvalue weighted by Gasteiger charge is 2.36. The van der Waals surface area contributed by atoms with E-state index >= 15 is 0 Å². The van der Waals surface area contributed by atoms with Crippen LogP contribution in [0.2, 0.25) is 0 Å². The van der Waals surface area contributed by atoms with Crippen LogP contribution in [0.5, 0.6) is 0 Å². The van der Waals surface area contributed by atoms with Crippen LogP contribution in [0.3, 0.4) is 0 Å². The molecule has 2 aliphatic rings. The predicted molar refractivity (Wildman–Crippen MR) is 237 cm³/mol. The summed E-state index contributed by atoms with van der Waals surface area (Å²) in [4.78, 5) is 15.2. The fourth-order valence-corrected chi connectivity index (χ4v) is 9.08. The first-order chi connectivity index (χ1) is 27.6. The molecular formula is C54H43N3. The van der Waals surface area contributed by atoms with E-state index in [0.29, 0.717) is 17.5 Å². The van der Waals surface area contributed by atoms with Crippen LogP contribution in [-0.2, 0) is 10.8 Å². The van der Waals surface area contributed by atoms with Crippen molar-refractivity contribution in [1.29, 1.82) is 0 Å². The molecule has 3 nitrogen and oxygen atoms in total. The molecule has 0 spiro atoms. The van der Waals surface area contributed by atoms with Crippen molar-refractivity contribution in [2.75, 3.05) is 0 Å². The van der Waals surface area contributed by atoms with Crippen molar-refractivity contribution < 1.29 is 0 Å². The van der Waals surface area contributed by atoms with Crippen molar-refractivity contribution in [3.05, 3.63) is 198 Å². The number of nitrogens with zero attached hydrogens (tertiary/aromatic N) is 3. The molecule has 0 unspecified atom stereocenters. The number of hydrogen-bond donors (Lipinski definition) is 0. The number of fused-ring (bicyclic) bond motifs is 8.